The number of nitrogens with zero attached hydrogens (tertiary/aromatic N) is 3. The number of carbonyl (C=O) groups excluding carboxylic acids is 1. The Morgan fingerprint density at radius 1 is 1.16 bits per heavy atom. The first-order valence-corrected chi connectivity index (χ1v) is 12.5. The van der Waals surface area contributed by atoms with Gasteiger partial charge in [0.05, 0.1) is 28.3 Å². The Labute approximate surface area is 185 Å². The van der Waals surface area contributed by atoms with Gasteiger partial charge in [-0.15, -0.1) is 11.3 Å². The predicted molar refractivity (Wildman–Crippen MR) is 122 cm³/mol. The minimum atomic E-state index is -3.64. The lowest BCUT2D eigenvalue weighted by Crippen LogP contribution is -2.32. The number of thiophene rings is 1. The van der Waals surface area contributed by atoms with E-state index in [2.05, 4.69) is 10.4 Å². The molecule has 31 heavy (non-hydrogen) atoms. The molecule has 1 aromatic carbocycles. The quantitative estimate of drug-likeness (QED) is 0.623. The summed E-state index contributed by atoms with van der Waals surface area (Å²) >= 11 is 1.34. The van der Waals surface area contributed by atoms with Gasteiger partial charge in [-0.25, -0.2) is 8.42 Å². The molecule has 1 fully saturated rings. The van der Waals surface area contributed by atoms with Gasteiger partial charge in [-0.05, 0) is 44.0 Å². The summed E-state index contributed by atoms with van der Waals surface area (Å²) in [5.41, 5.74) is 1.19. The number of sulfonamides is 1. The van der Waals surface area contributed by atoms with Gasteiger partial charge in [0.25, 0.3) is 5.91 Å². The Balaban J connectivity index is 1.64. The van der Waals surface area contributed by atoms with Crippen molar-refractivity contribution in [3.05, 3.63) is 34.8 Å². The van der Waals surface area contributed by atoms with E-state index in [0.717, 1.165) is 41.6 Å². The zero-order valence-electron chi connectivity index (χ0n) is 17.8. The highest BCUT2D eigenvalue weighted by Gasteiger charge is 2.26. The van der Waals surface area contributed by atoms with Gasteiger partial charge in [0.1, 0.15) is 10.6 Å². The molecule has 0 unspecified atom stereocenters. The predicted octanol–water partition coefficient (Wildman–Crippen LogP) is 3.77. The molecule has 3 heterocycles. The van der Waals surface area contributed by atoms with Crippen molar-refractivity contribution >= 4 is 43.2 Å². The molecule has 1 aliphatic heterocycles. The maximum absolute atomic E-state index is 13.2. The van der Waals surface area contributed by atoms with Gasteiger partial charge >= 0.3 is 0 Å². The lowest BCUT2D eigenvalue weighted by atomic mass is 10.2. The van der Waals surface area contributed by atoms with Crippen LogP contribution in [-0.2, 0) is 17.1 Å². The molecule has 8 nitrogen and oxygen atoms in total. The zero-order chi connectivity index (χ0) is 22.2. The van der Waals surface area contributed by atoms with E-state index < -0.39 is 10.0 Å². The van der Waals surface area contributed by atoms with Gasteiger partial charge in [0, 0.05) is 25.5 Å². The SMILES string of the molecule is COc1ccc(S(=O)(=O)N2CCCCCC2)cc1NC(=O)c1cc2c(C)nn(C)c2s1. The number of carbonyl (C=O) groups is 1. The van der Waals surface area contributed by atoms with E-state index in [1.165, 1.54) is 34.9 Å². The Morgan fingerprint density at radius 3 is 2.52 bits per heavy atom. The molecule has 166 valence electrons. The van der Waals surface area contributed by atoms with Crippen LogP contribution in [0, 0.1) is 6.92 Å². The third kappa shape index (κ3) is 4.19. The van der Waals surface area contributed by atoms with E-state index in [1.807, 2.05) is 20.0 Å². The minimum Gasteiger partial charge on any atom is -0.495 e. The average molecular weight is 463 g/mol. The van der Waals surface area contributed by atoms with Crippen molar-refractivity contribution in [1.82, 2.24) is 14.1 Å². The highest BCUT2D eigenvalue weighted by Crippen LogP contribution is 2.32. The number of amides is 1. The maximum Gasteiger partial charge on any atom is 0.265 e. The molecule has 0 bridgehead atoms. The standard InChI is InChI=1S/C21H26N4O4S2/c1-14-16-13-19(30-21(16)24(2)23-14)20(26)22-17-12-15(8-9-18(17)29-3)31(27,28)25-10-6-4-5-7-11-25/h8-9,12-13H,4-7,10-11H2,1-3H3,(H,22,26). The van der Waals surface area contributed by atoms with Crippen LogP contribution in [0.25, 0.3) is 10.2 Å². The van der Waals surface area contributed by atoms with E-state index in [9.17, 15) is 13.2 Å². The highest BCUT2D eigenvalue weighted by atomic mass is 32.2. The van der Waals surface area contributed by atoms with Crippen LogP contribution in [0.2, 0.25) is 0 Å². The van der Waals surface area contributed by atoms with E-state index in [4.69, 9.17) is 4.74 Å². The number of aromatic nitrogens is 2. The van der Waals surface area contributed by atoms with Crippen molar-refractivity contribution in [1.29, 1.82) is 0 Å². The minimum absolute atomic E-state index is 0.155. The number of aryl methyl sites for hydroxylation is 2. The van der Waals surface area contributed by atoms with Crippen molar-refractivity contribution in [2.24, 2.45) is 7.05 Å². The van der Waals surface area contributed by atoms with Crippen LogP contribution in [0.15, 0.2) is 29.2 Å². The summed E-state index contributed by atoms with van der Waals surface area (Å²) in [7, 11) is -0.309. The summed E-state index contributed by atoms with van der Waals surface area (Å²) in [6, 6.07) is 6.40. The number of benzene rings is 1. The van der Waals surface area contributed by atoms with E-state index in [0.29, 0.717) is 29.4 Å². The van der Waals surface area contributed by atoms with E-state index in [1.54, 1.807) is 10.7 Å². The van der Waals surface area contributed by atoms with Crippen LogP contribution in [-0.4, -0.2) is 48.6 Å². The third-order valence-corrected chi connectivity index (χ3v) is 8.64. The van der Waals surface area contributed by atoms with Crippen molar-refractivity contribution in [2.45, 2.75) is 37.5 Å². The Bertz CT molecular complexity index is 1190. The molecule has 0 saturated carbocycles. The molecule has 10 heteroatoms. The second kappa shape index (κ2) is 8.60. The molecule has 0 aliphatic carbocycles. The van der Waals surface area contributed by atoms with Crippen LogP contribution in [0.4, 0.5) is 5.69 Å². The number of methoxy groups -OCH3 is 1. The number of hydrogen-bond donors (Lipinski definition) is 1. The number of fused-ring (bicyclic) bond motifs is 1. The summed E-state index contributed by atoms with van der Waals surface area (Å²) in [6.07, 6.45) is 3.80. The van der Waals surface area contributed by atoms with E-state index in [-0.39, 0.29) is 10.8 Å². The summed E-state index contributed by atoms with van der Waals surface area (Å²) in [6.45, 7) is 2.94. The molecule has 0 atom stereocenters. The molecule has 1 amide bonds. The maximum atomic E-state index is 13.2. The molecule has 4 rings (SSSR count). The van der Waals surface area contributed by atoms with Gasteiger partial charge in [0.15, 0.2) is 0 Å². The summed E-state index contributed by atoms with van der Waals surface area (Å²) in [5, 5.41) is 8.12. The number of ether oxygens (including phenoxy) is 1. The molecule has 0 spiro atoms. The zero-order valence-corrected chi connectivity index (χ0v) is 19.5. The van der Waals surface area contributed by atoms with Crippen LogP contribution in [0.5, 0.6) is 5.75 Å². The van der Waals surface area contributed by atoms with Gasteiger partial charge in [-0.2, -0.15) is 9.40 Å². The van der Waals surface area contributed by atoms with Gasteiger partial charge in [0.2, 0.25) is 10.0 Å². The fraction of sp³-hybridized carbons (Fsp3) is 0.429. The monoisotopic (exact) mass is 462 g/mol. The van der Waals surface area contributed by atoms with E-state index >= 15 is 0 Å². The molecule has 3 aromatic rings. The fourth-order valence-corrected chi connectivity index (χ4v) is 6.44. The molecule has 1 N–H and O–H groups in total. The van der Waals surface area contributed by atoms with Crippen molar-refractivity contribution < 1.29 is 17.9 Å². The molecule has 0 radical (unpaired) electrons. The first-order chi connectivity index (χ1) is 14.8. The van der Waals surface area contributed by atoms with Crippen LogP contribution < -0.4 is 10.1 Å². The molecule has 2 aromatic heterocycles. The number of hydrogen-bond acceptors (Lipinski definition) is 6. The molecular formula is C21H26N4O4S2. The first-order valence-electron chi connectivity index (χ1n) is 10.2. The van der Waals surface area contributed by atoms with Crippen molar-refractivity contribution in [3.8, 4) is 5.75 Å². The Hall–Kier alpha value is -2.43. The van der Waals surface area contributed by atoms with Gasteiger partial charge in [-0.1, -0.05) is 12.8 Å². The summed E-state index contributed by atoms with van der Waals surface area (Å²) in [5.74, 6) is 0.0883. The largest absolute Gasteiger partial charge is 0.495 e. The van der Waals surface area contributed by atoms with Crippen LogP contribution in [0.3, 0.4) is 0 Å². The Kier molecular flexibility index (Phi) is 6.05. The van der Waals surface area contributed by atoms with Crippen LogP contribution in [0.1, 0.15) is 41.0 Å². The highest BCUT2D eigenvalue weighted by molar-refractivity contribution is 7.89. The second-order valence-corrected chi connectivity index (χ2v) is 10.6. The Morgan fingerprint density at radius 2 is 1.87 bits per heavy atom. The number of nitrogens with one attached hydrogen (secondary N) is 1. The second-order valence-electron chi connectivity index (χ2n) is 7.67. The first kappa shape index (κ1) is 21.8. The average Bonchev–Trinajstić information content (AvgIpc) is 3.16. The fourth-order valence-electron chi connectivity index (χ4n) is 3.88. The third-order valence-electron chi connectivity index (χ3n) is 5.54. The van der Waals surface area contributed by atoms with Crippen molar-refractivity contribution in [2.75, 3.05) is 25.5 Å². The molecular weight excluding hydrogens is 436 g/mol. The van der Waals surface area contributed by atoms with Gasteiger partial charge < -0.3 is 10.1 Å². The normalized spacial score (nSPS) is 15.7. The van der Waals surface area contributed by atoms with Gasteiger partial charge in [-0.3, -0.25) is 9.48 Å². The topological polar surface area (TPSA) is 93.5 Å². The molecule has 1 saturated heterocycles. The van der Waals surface area contributed by atoms with Crippen molar-refractivity contribution in [3.63, 3.8) is 0 Å². The molecule has 1 aliphatic rings. The summed E-state index contributed by atoms with van der Waals surface area (Å²) in [4.78, 5) is 14.5. The van der Waals surface area contributed by atoms with Crippen LogP contribution >= 0.6 is 11.3 Å². The summed E-state index contributed by atoms with van der Waals surface area (Å²) < 4.78 is 35.0. The smallest absolute Gasteiger partial charge is 0.265 e. The number of anilines is 1. The lowest BCUT2D eigenvalue weighted by molar-refractivity contribution is 0.103. The number of rotatable bonds is 5. The lowest BCUT2D eigenvalue weighted by Gasteiger charge is -2.21.